The summed E-state index contributed by atoms with van der Waals surface area (Å²) in [6, 6.07) is 7.33. The van der Waals surface area contributed by atoms with Gasteiger partial charge in [-0.25, -0.2) is 0 Å². The number of Topliss-reactive ketones (excluding diaryl/α,β-unsaturated/α-hetero) is 1. The highest BCUT2D eigenvalue weighted by molar-refractivity contribution is 6.01. The zero-order valence-electron chi connectivity index (χ0n) is 22.3. The third-order valence-corrected chi connectivity index (χ3v) is 9.06. The van der Waals surface area contributed by atoms with Gasteiger partial charge in [0.15, 0.2) is 5.78 Å². The second-order valence-corrected chi connectivity index (χ2v) is 11.4. The Bertz CT molecular complexity index is 982. The van der Waals surface area contributed by atoms with Gasteiger partial charge in [0, 0.05) is 12.1 Å². The average Bonchev–Trinajstić information content (AvgIpc) is 3.49. The molecule has 8 nitrogen and oxygen atoms in total. The Morgan fingerprint density at radius 2 is 1.78 bits per heavy atom. The number of fused-ring (bicyclic) bond motifs is 1. The molecule has 37 heavy (non-hydrogen) atoms. The lowest BCUT2D eigenvalue weighted by atomic mass is 9.80. The van der Waals surface area contributed by atoms with Crippen molar-refractivity contribution in [1.82, 2.24) is 20.4 Å². The number of rotatable bonds is 7. The van der Waals surface area contributed by atoms with Gasteiger partial charge >= 0.3 is 0 Å². The number of carbonyl (C=O) groups is 3. The van der Waals surface area contributed by atoms with Crippen molar-refractivity contribution >= 4 is 17.6 Å². The van der Waals surface area contributed by atoms with Crippen LogP contribution >= 0.6 is 0 Å². The molecule has 8 heteroatoms. The van der Waals surface area contributed by atoms with Crippen LogP contribution in [-0.4, -0.2) is 91.0 Å². The Morgan fingerprint density at radius 3 is 2.43 bits per heavy atom. The minimum atomic E-state index is -0.976. The van der Waals surface area contributed by atoms with Gasteiger partial charge in [0.1, 0.15) is 24.3 Å². The minimum Gasteiger partial charge on any atom is -0.366 e. The molecule has 3 saturated heterocycles. The molecular weight excluding hydrogens is 468 g/mol. The molecule has 1 saturated carbocycles. The van der Waals surface area contributed by atoms with E-state index in [2.05, 4.69) is 34.6 Å². The predicted octanol–water partition coefficient (Wildman–Crippen LogP) is 2.48. The molecule has 202 valence electrons. The second-order valence-electron chi connectivity index (χ2n) is 11.4. The van der Waals surface area contributed by atoms with Crippen molar-refractivity contribution < 1.29 is 19.1 Å². The van der Waals surface area contributed by atoms with Crippen LogP contribution in [0.2, 0.25) is 0 Å². The highest BCUT2D eigenvalue weighted by atomic mass is 16.5. The van der Waals surface area contributed by atoms with Crippen molar-refractivity contribution in [2.75, 3.05) is 39.8 Å². The number of likely N-dealkylation sites (N-methyl/N-ethyl adjacent to an activating group) is 1. The van der Waals surface area contributed by atoms with E-state index >= 15 is 0 Å². The van der Waals surface area contributed by atoms with Crippen molar-refractivity contribution in [2.24, 2.45) is 0 Å². The van der Waals surface area contributed by atoms with E-state index in [1.165, 1.54) is 18.5 Å². The molecule has 4 fully saturated rings. The quantitative estimate of drug-likeness (QED) is 0.586. The fourth-order valence-electron chi connectivity index (χ4n) is 6.94. The van der Waals surface area contributed by atoms with Crippen LogP contribution in [0.3, 0.4) is 0 Å². The van der Waals surface area contributed by atoms with Gasteiger partial charge in [-0.15, -0.1) is 0 Å². The molecule has 4 aliphatic rings. The molecule has 1 aliphatic carbocycles. The van der Waals surface area contributed by atoms with Gasteiger partial charge in [-0.2, -0.15) is 0 Å². The molecule has 0 spiro atoms. The van der Waals surface area contributed by atoms with Crippen molar-refractivity contribution in [2.45, 2.75) is 87.9 Å². The lowest BCUT2D eigenvalue weighted by Crippen LogP contribution is -2.62. The first-order valence-corrected chi connectivity index (χ1v) is 14.2. The van der Waals surface area contributed by atoms with Crippen LogP contribution in [0.25, 0.3) is 0 Å². The summed E-state index contributed by atoms with van der Waals surface area (Å²) in [5.74, 6) is 0.132. The monoisotopic (exact) mass is 510 g/mol. The summed E-state index contributed by atoms with van der Waals surface area (Å²) in [6.07, 6.45) is 7.17. The molecule has 0 radical (unpaired) electrons. The number of piperidine rings is 1. The number of ether oxygens (including phenoxy) is 1. The molecule has 5 rings (SSSR count). The van der Waals surface area contributed by atoms with E-state index in [1.807, 2.05) is 19.2 Å². The van der Waals surface area contributed by atoms with Crippen molar-refractivity contribution in [1.29, 1.82) is 0 Å². The largest absolute Gasteiger partial charge is 0.366 e. The number of carbonyl (C=O) groups excluding carboxylic acids is 3. The number of ketones is 1. The van der Waals surface area contributed by atoms with Gasteiger partial charge in [0.25, 0.3) is 5.91 Å². The average molecular weight is 511 g/mol. The van der Waals surface area contributed by atoms with Crippen LogP contribution in [0.4, 0.5) is 0 Å². The van der Waals surface area contributed by atoms with Crippen LogP contribution < -0.4 is 10.6 Å². The number of amides is 2. The van der Waals surface area contributed by atoms with Gasteiger partial charge in [0.2, 0.25) is 5.91 Å². The fourth-order valence-corrected chi connectivity index (χ4v) is 6.94. The zero-order chi connectivity index (χ0) is 26.0. The Morgan fingerprint density at radius 1 is 1.08 bits per heavy atom. The van der Waals surface area contributed by atoms with Crippen LogP contribution in [0.1, 0.15) is 80.1 Å². The maximum Gasteiger partial charge on any atom is 0.252 e. The first kappa shape index (κ1) is 26.3. The smallest absolute Gasteiger partial charge is 0.252 e. The Hall–Kier alpha value is -2.29. The minimum absolute atomic E-state index is 0.0423. The number of hydrogen-bond acceptors (Lipinski definition) is 6. The summed E-state index contributed by atoms with van der Waals surface area (Å²) in [4.78, 5) is 44.4. The lowest BCUT2D eigenvalue weighted by molar-refractivity contribution is -0.143. The molecule has 0 unspecified atom stereocenters. The highest BCUT2D eigenvalue weighted by Crippen LogP contribution is 2.36. The molecule has 2 N–H and O–H groups in total. The number of benzene rings is 1. The van der Waals surface area contributed by atoms with Crippen LogP contribution in [0.15, 0.2) is 24.3 Å². The topological polar surface area (TPSA) is 91.0 Å². The van der Waals surface area contributed by atoms with Crippen LogP contribution in [0, 0.1) is 0 Å². The van der Waals surface area contributed by atoms with E-state index < -0.39 is 11.6 Å². The first-order chi connectivity index (χ1) is 18.0. The van der Waals surface area contributed by atoms with Gasteiger partial charge < -0.3 is 25.2 Å². The molecule has 0 bridgehead atoms. The van der Waals surface area contributed by atoms with Gasteiger partial charge in [-0.05, 0) is 82.4 Å². The molecular formula is C29H42N4O4. The normalized spacial score (nSPS) is 28.3. The maximum atomic E-state index is 14.0. The fraction of sp³-hybridized carbons (Fsp3) is 0.690. The highest BCUT2D eigenvalue weighted by Gasteiger charge is 2.55. The maximum absolute atomic E-state index is 14.0. The number of likely N-dealkylation sites (tertiary alicyclic amines) is 2. The molecule has 3 atom stereocenters. The molecule has 3 aliphatic heterocycles. The standard InChI is InChI=1S/C29H42N4O4/c1-3-15-32-16-11-21(12-17-32)20-7-9-22(10-8-20)27(35)31-29(13-5-4-6-14-29)28(36)33-18-23(30-2)26-25(33)24(34)19-37-26/h7-10,21,23,25-26,30H,3-6,11-19H2,1-2H3,(H,31,35)/t23-,25+,26+/m0/s1. The van der Waals surface area contributed by atoms with Crippen LogP contribution in [0.5, 0.6) is 0 Å². The van der Waals surface area contributed by atoms with E-state index in [9.17, 15) is 14.4 Å². The van der Waals surface area contributed by atoms with E-state index in [0.717, 1.165) is 45.2 Å². The van der Waals surface area contributed by atoms with Crippen molar-refractivity contribution in [3.05, 3.63) is 35.4 Å². The molecule has 1 aromatic rings. The molecule has 0 aromatic heterocycles. The Balaban J connectivity index is 1.29. The SMILES string of the molecule is CCCN1CCC(c2ccc(C(=O)NC3(C(=O)N4C[C@H](NC)[C@H]5OCC(=O)[C@H]54)CCCCC3)cc2)CC1. The summed E-state index contributed by atoms with van der Waals surface area (Å²) >= 11 is 0. The summed E-state index contributed by atoms with van der Waals surface area (Å²) in [7, 11) is 1.83. The summed E-state index contributed by atoms with van der Waals surface area (Å²) in [5.41, 5.74) is 0.894. The number of nitrogens with one attached hydrogen (secondary N) is 2. The van der Waals surface area contributed by atoms with Gasteiger partial charge in [0.05, 0.1) is 6.04 Å². The zero-order valence-corrected chi connectivity index (χ0v) is 22.3. The number of nitrogens with zero attached hydrogens (tertiary/aromatic N) is 2. The molecule has 2 amide bonds. The van der Waals surface area contributed by atoms with E-state index in [0.29, 0.717) is 30.9 Å². The van der Waals surface area contributed by atoms with Gasteiger partial charge in [-0.1, -0.05) is 38.3 Å². The van der Waals surface area contributed by atoms with E-state index in [1.54, 1.807) is 4.90 Å². The van der Waals surface area contributed by atoms with Crippen molar-refractivity contribution in [3.8, 4) is 0 Å². The van der Waals surface area contributed by atoms with Crippen molar-refractivity contribution in [3.63, 3.8) is 0 Å². The third-order valence-electron chi connectivity index (χ3n) is 9.06. The first-order valence-electron chi connectivity index (χ1n) is 14.2. The summed E-state index contributed by atoms with van der Waals surface area (Å²) in [5, 5.41) is 6.36. The Labute approximate surface area is 220 Å². The second kappa shape index (κ2) is 11.2. The summed E-state index contributed by atoms with van der Waals surface area (Å²) < 4.78 is 5.73. The van der Waals surface area contributed by atoms with E-state index in [-0.39, 0.29) is 36.4 Å². The lowest BCUT2D eigenvalue weighted by Gasteiger charge is -2.40. The molecule has 3 heterocycles. The van der Waals surface area contributed by atoms with Gasteiger partial charge in [-0.3, -0.25) is 14.4 Å². The summed E-state index contributed by atoms with van der Waals surface area (Å²) in [6.45, 7) is 6.12. The predicted molar refractivity (Wildman–Crippen MR) is 142 cm³/mol. The molecule has 1 aromatic carbocycles. The third kappa shape index (κ3) is 5.20. The number of hydrogen-bond donors (Lipinski definition) is 2. The Kier molecular flexibility index (Phi) is 7.98. The van der Waals surface area contributed by atoms with Crippen LogP contribution in [-0.2, 0) is 14.3 Å². The van der Waals surface area contributed by atoms with E-state index in [4.69, 9.17) is 4.74 Å².